The number of carbonyl (C=O) groups is 1. The second kappa shape index (κ2) is 7.82. The third-order valence-electron chi connectivity index (χ3n) is 5.20. The number of hydrogen-bond acceptors (Lipinski definition) is 5. The number of carbonyl (C=O) groups excluding carboxylic acids is 1. The molecule has 1 aliphatic rings. The second-order valence-electron chi connectivity index (χ2n) is 6.80. The molecule has 29 heavy (non-hydrogen) atoms. The molecule has 0 radical (unpaired) electrons. The highest BCUT2D eigenvalue weighted by atomic mass is 32.2. The quantitative estimate of drug-likeness (QED) is 0.395. The first-order chi connectivity index (χ1) is 14.3. The molecule has 4 nitrogen and oxygen atoms in total. The standard InChI is InChI=1S/C22H19N3OS3/c1-27-22-23-9-11-24(22)16-5-2-4-15(14-16)21(26)25-10-7-18-17(8-13-29-18)20(25)19-6-3-12-28-19/h2-6,8-9,11-14,20H,7,10H2,1H3. The van der Waals surface area contributed by atoms with Crippen molar-refractivity contribution >= 4 is 40.3 Å². The Kier molecular flexibility index (Phi) is 5.03. The van der Waals surface area contributed by atoms with Crippen LogP contribution in [0.5, 0.6) is 0 Å². The zero-order chi connectivity index (χ0) is 19.8. The van der Waals surface area contributed by atoms with Crippen molar-refractivity contribution in [2.24, 2.45) is 0 Å². The van der Waals surface area contributed by atoms with E-state index in [-0.39, 0.29) is 11.9 Å². The molecule has 4 heterocycles. The van der Waals surface area contributed by atoms with Crippen LogP contribution in [-0.2, 0) is 6.42 Å². The van der Waals surface area contributed by atoms with E-state index in [2.05, 4.69) is 33.9 Å². The first-order valence-electron chi connectivity index (χ1n) is 9.34. The molecule has 1 amide bonds. The summed E-state index contributed by atoms with van der Waals surface area (Å²) in [5.41, 5.74) is 2.94. The monoisotopic (exact) mass is 437 g/mol. The summed E-state index contributed by atoms with van der Waals surface area (Å²) < 4.78 is 2.02. The Hall–Kier alpha value is -2.35. The number of fused-ring (bicyclic) bond motifs is 1. The molecule has 0 spiro atoms. The van der Waals surface area contributed by atoms with Gasteiger partial charge in [0.25, 0.3) is 5.91 Å². The molecule has 1 atom stereocenters. The summed E-state index contributed by atoms with van der Waals surface area (Å²) in [7, 11) is 0. The van der Waals surface area contributed by atoms with Gasteiger partial charge >= 0.3 is 0 Å². The van der Waals surface area contributed by atoms with E-state index in [9.17, 15) is 4.79 Å². The van der Waals surface area contributed by atoms with Gasteiger partial charge in [0.05, 0.1) is 6.04 Å². The molecular weight excluding hydrogens is 418 g/mol. The van der Waals surface area contributed by atoms with Gasteiger partial charge in [-0.25, -0.2) is 4.98 Å². The maximum Gasteiger partial charge on any atom is 0.254 e. The lowest BCUT2D eigenvalue weighted by atomic mass is 9.97. The minimum Gasteiger partial charge on any atom is -0.326 e. The van der Waals surface area contributed by atoms with Crippen LogP contribution in [-0.4, -0.2) is 33.2 Å². The number of thiophene rings is 2. The zero-order valence-electron chi connectivity index (χ0n) is 15.8. The molecule has 0 aliphatic carbocycles. The molecule has 1 aliphatic heterocycles. The zero-order valence-corrected chi connectivity index (χ0v) is 18.3. The van der Waals surface area contributed by atoms with Gasteiger partial charge in [-0.05, 0) is 59.3 Å². The summed E-state index contributed by atoms with van der Waals surface area (Å²) in [5.74, 6) is 0.0768. The van der Waals surface area contributed by atoms with Crippen molar-refractivity contribution < 1.29 is 4.79 Å². The molecular formula is C22H19N3OS3. The van der Waals surface area contributed by atoms with Crippen LogP contribution in [0.2, 0.25) is 0 Å². The van der Waals surface area contributed by atoms with Crippen LogP contribution in [0.4, 0.5) is 0 Å². The highest BCUT2D eigenvalue weighted by molar-refractivity contribution is 7.98. The predicted octanol–water partition coefficient (Wildman–Crippen LogP) is 5.51. The van der Waals surface area contributed by atoms with Crippen molar-refractivity contribution in [2.45, 2.75) is 17.6 Å². The van der Waals surface area contributed by atoms with Crippen molar-refractivity contribution in [3.63, 3.8) is 0 Å². The highest BCUT2D eigenvalue weighted by Crippen LogP contribution is 2.40. The van der Waals surface area contributed by atoms with E-state index in [1.165, 1.54) is 15.3 Å². The maximum absolute atomic E-state index is 13.6. The molecule has 5 rings (SSSR count). The number of benzene rings is 1. The van der Waals surface area contributed by atoms with Crippen molar-refractivity contribution in [2.75, 3.05) is 12.8 Å². The summed E-state index contributed by atoms with van der Waals surface area (Å²) in [6.45, 7) is 0.736. The number of thioether (sulfide) groups is 1. The van der Waals surface area contributed by atoms with E-state index in [0.717, 1.165) is 23.8 Å². The highest BCUT2D eigenvalue weighted by Gasteiger charge is 2.34. The SMILES string of the molecule is CSc1nccn1-c1cccc(C(=O)N2CCc3sccc3C2c2cccs2)c1. The van der Waals surface area contributed by atoms with Gasteiger partial charge in [-0.15, -0.1) is 22.7 Å². The van der Waals surface area contributed by atoms with Gasteiger partial charge in [-0.2, -0.15) is 0 Å². The first-order valence-corrected chi connectivity index (χ1v) is 12.3. The third kappa shape index (κ3) is 3.33. The van der Waals surface area contributed by atoms with Crippen LogP contribution in [0, 0.1) is 0 Å². The first kappa shape index (κ1) is 18.7. The van der Waals surface area contributed by atoms with Gasteiger partial charge in [0, 0.05) is 39.9 Å². The summed E-state index contributed by atoms with van der Waals surface area (Å²) in [6, 6.07) is 14.2. The minimum absolute atomic E-state index is 0.00356. The summed E-state index contributed by atoms with van der Waals surface area (Å²) in [5, 5.41) is 5.14. The van der Waals surface area contributed by atoms with E-state index in [0.29, 0.717) is 5.56 Å². The van der Waals surface area contributed by atoms with E-state index < -0.39 is 0 Å². The Balaban J connectivity index is 1.53. The number of rotatable bonds is 4. The lowest BCUT2D eigenvalue weighted by molar-refractivity contribution is 0.0698. The van der Waals surface area contributed by atoms with Crippen LogP contribution in [0.15, 0.2) is 70.8 Å². The van der Waals surface area contributed by atoms with Crippen molar-refractivity contribution in [3.05, 3.63) is 86.5 Å². The molecule has 0 saturated heterocycles. The summed E-state index contributed by atoms with van der Waals surface area (Å²) in [4.78, 5) is 22.6. The van der Waals surface area contributed by atoms with E-state index in [4.69, 9.17) is 0 Å². The van der Waals surface area contributed by atoms with Crippen molar-refractivity contribution in [3.8, 4) is 5.69 Å². The molecule has 0 saturated carbocycles. The molecule has 1 unspecified atom stereocenters. The average molecular weight is 438 g/mol. The van der Waals surface area contributed by atoms with Crippen molar-refractivity contribution in [1.29, 1.82) is 0 Å². The Labute approximate surface area is 181 Å². The fourth-order valence-electron chi connectivity index (χ4n) is 3.88. The lowest BCUT2D eigenvalue weighted by Crippen LogP contribution is -2.39. The average Bonchev–Trinajstić information content (AvgIpc) is 3.53. The van der Waals surface area contributed by atoms with Crippen LogP contribution < -0.4 is 0 Å². The lowest BCUT2D eigenvalue weighted by Gasteiger charge is -2.35. The molecule has 4 aromatic rings. The van der Waals surface area contributed by atoms with Gasteiger partial charge in [0.2, 0.25) is 0 Å². The number of aromatic nitrogens is 2. The van der Waals surface area contributed by atoms with Crippen LogP contribution in [0.1, 0.15) is 31.7 Å². The van der Waals surface area contributed by atoms with Crippen LogP contribution >= 0.6 is 34.4 Å². The van der Waals surface area contributed by atoms with E-state index in [1.54, 1.807) is 40.6 Å². The molecule has 3 aromatic heterocycles. The third-order valence-corrected chi connectivity index (χ3v) is 7.79. The van der Waals surface area contributed by atoms with Gasteiger partial charge < -0.3 is 4.90 Å². The topological polar surface area (TPSA) is 38.1 Å². The Morgan fingerprint density at radius 2 is 2.10 bits per heavy atom. The fourth-order valence-corrected chi connectivity index (χ4v) is 6.17. The second-order valence-corrected chi connectivity index (χ2v) is 9.55. The Morgan fingerprint density at radius 3 is 2.93 bits per heavy atom. The maximum atomic E-state index is 13.6. The number of amides is 1. The van der Waals surface area contributed by atoms with E-state index in [1.807, 2.05) is 46.2 Å². The normalized spacial score (nSPS) is 16.0. The van der Waals surface area contributed by atoms with E-state index >= 15 is 0 Å². The van der Waals surface area contributed by atoms with Crippen LogP contribution in [0.25, 0.3) is 5.69 Å². The molecule has 7 heteroatoms. The van der Waals surface area contributed by atoms with Gasteiger partial charge in [-0.3, -0.25) is 9.36 Å². The number of nitrogens with zero attached hydrogens (tertiary/aromatic N) is 3. The minimum atomic E-state index is -0.00356. The van der Waals surface area contributed by atoms with Gasteiger partial charge in [0.1, 0.15) is 0 Å². The largest absolute Gasteiger partial charge is 0.326 e. The summed E-state index contributed by atoms with van der Waals surface area (Å²) >= 11 is 5.10. The van der Waals surface area contributed by atoms with Gasteiger partial charge in [-0.1, -0.05) is 23.9 Å². The predicted molar refractivity (Wildman–Crippen MR) is 121 cm³/mol. The van der Waals surface area contributed by atoms with Gasteiger partial charge in [0.15, 0.2) is 5.16 Å². The molecule has 0 fully saturated rings. The Bertz CT molecular complexity index is 1150. The summed E-state index contributed by atoms with van der Waals surface area (Å²) in [6.07, 6.45) is 6.64. The van der Waals surface area contributed by atoms with Crippen molar-refractivity contribution in [1.82, 2.24) is 14.5 Å². The number of hydrogen-bond donors (Lipinski definition) is 0. The molecule has 1 aromatic carbocycles. The number of imidazole rings is 1. The molecule has 0 bridgehead atoms. The Morgan fingerprint density at radius 1 is 1.17 bits per heavy atom. The molecule has 0 N–H and O–H groups in total. The molecule has 146 valence electrons. The smallest absolute Gasteiger partial charge is 0.254 e. The fraction of sp³-hybridized carbons (Fsp3) is 0.182. The van der Waals surface area contributed by atoms with Crippen LogP contribution in [0.3, 0.4) is 0 Å².